The van der Waals surface area contributed by atoms with Crippen LogP contribution < -0.4 is 15.4 Å². The molecule has 2 aromatic heterocycles. The van der Waals surface area contributed by atoms with E-state index in [2.05, 4.69) is 20.6 Å². The van der Waals surface area contributed by atoms with Crippen LogP contribution in [0, 0.1) is 5.82 Å². The maximum absolute atomic E-state index is 14.6. The first-order valence-electron chi connectivity index (χ1n) is 12.4. The summed E-state index contributed by atoms with van der Waals surface area (Å²) >= 11 is 0. The molecule has 182 valence electrons. The third-order valence-corrected chi connectivity index (χ3v) is 7.47. The molecule has 2 fully saturated rings. The van der Waals surface area contributed by atoms with Gasteiger partial charge in [0.25, 0.3) is 5.91 Å². The van der Waals surface area contributed by atoms with Gasteiger partial charge in [0.15, 0.2) is 0 Å². The summed E-state index contributed by atoms with van der Waals surface area (Å²) in [5.41, 5.74) is 4.91. The molecular formula is C27H29FN4O3. The molecule has 8 heteroatoms. The van der Waals surface area contributed by atoms with Crippen LogP contribution in [0.3, 0.4) is 0 Å². The highest BCUT2D eigenvalue weighted by atomic mass is 19.1. The lowest BCUT2D eigenvalue weighted by Crippen LogP contribution is -2.39. The number of fused-ring (bicyclic) bond motifs is 2. The summed E-state index contributed by atoms with van der Waals surface area (Å²) in [5.74, 6) is 0.238. The number of aromatic amines is 1. The SMILES string of the molecule is CCc1c(F)cccc1Nc1c(-c2ccncc2OCCC2CCO2)[nH]c2c1C(=O)NCC21CC1. The standard InChI is InChI=1S/C27H29FN4O3/c1-2-17-19(28)4-3-5-20(17)31-24-22-25(27(9-10-27)15-30-26(22)33)32-23(24)18-6-11-29-14-21(18)35-13-8-16-7-12-34-16/h3-6,11,14,16,31-32H,2,7-10,12-13,15H2,1H3,(H,30,33). The second-order valence-corrected chi connectivity index (χ2v) is 9.62. The monoisotopic (exact) mass is 476 g/mol. The van der Waals surface area contributed by atoms with E-state index in [4.69, 9.17) is 9.47 Å². The molecule has 1 spiro atoms. The van der Waals surface area contributed by atoms with Gasteiger partial charge in [0.2, 0.25) is 0 Å². The van der Waals surface area contributed by atoms with Crippen LogP contribution in [0.25, 0.3) is 11.3 Å². The molecule has 3 aliphatic rings. The number of pyridine rings is 1. The van der Waals surface area contributed by atoms with E-state index in [1.54, 1.807) is 18.5 Å². The fraction of sp³-hybridized carbons (Fsp3) is 0.407. The van der Waals surface area contributed by atoms with E-state index in [0.717, 1.165) is 49.2 Å². The summed E-state index contributed by atoms with van der Waals surface area (Å²) in [7, 11) is 0. The molecule has 2 aliphatic heterocycles. The number of aromatic nitrogens is 2. The number of carbonyl (C=O) groups excluding carboxylic acids is 1. The number of anilines is 2. The molecule has 6 rings (SSSR count). The van der Waals surface area contributed by atoms with Gasteiger partial charge in [-0.15, -0.1) is 0 Å². The van der Waals surface area contributed by atoms with E-state index in [9.17, 15) is 9.18 Å². The first kappa shape index (κ1) is 22.1. The maximum Gasteiger partial charge on any atom is 0.255 e. The van der Waals surface area contributed by atoms with Crippen LogP contribution in [-0.2, 0) is 16.6 Å². The van der Waals surface area contributed by atoms with Crippen molar-refractivity contribution in [2.45, 2.75) is 50.5 Å². The highest BCUT2D eigenvalue weighted by molar-refractivity contribution is 6.07. The fourth-order valence-corrected chi connectivity index (χ4v) is 5.14. The van der Waals surface area contributed by atoms with Gasteiger partial charge in [0.1, 0.15) is 11.6 Å². The van der Waals surface area contributed by atoms with Crippen molar-refractivity contribution in [3.63, 3.8) is 0 Å². The highest BCUT2D eigenvalue weighted by Gasteiger charge is 2.51. The van der Waals surface area contributed by atoms with Crippen LogP contribution in [0.4, 0.5) is 15.8 Å². The lowest BCUT2D eigenvalue weighted by atomic mass is 9.93. The van der Waals surface area contributed by atoms with Crippen LogP contribution in [0.5, 0.6) is 5.75 Å². The average Bonchev–Trinajstić information content (AvgIpc) is 3.51. The van der Waals surface area contributed by atoms with Crippen molar-refractivity contribution in [2.75, 3.05) is 25.1 Å². The Morgan fingerprint density at radius 1 is 1.31 bits per heavy atom. The number of amides is 1. The maximum atomic E-state index is 14.6. The average molecular weight is 477 g/mol. The minimum atomic E-state index is -0.266. The largest absolute Gasteiger partial charge is 0.491 e. The van der Waals surface area contributed by atoms with E-state index in [1.165, 1.54) is 6.07 Å². The van der Waals surface area contributed by atoms with Gasteiger partial charge < -0.3 is 25.1 Å². The van der Waals surface area contributed by atoms with Crippen LogP contribution >= 0.6 is 0 Å². The summed E-state index contributed by atoms with van der Waals surface area (Å²) in [6, 6.07) is 6.88. The van der Waals surface area contributed by atoms with Crippen LogP contribution in [0.1, 0.15) is 54.2 Å². The highest BCUT2D eigenvalue weighted by Crippen LogP contribution is 2.54. The molecule has 0 bridgehead atoms. The lowest BCUT2D eigenvalue weighted by Gasteiger charge is -2.26. The van der Waals surface area contributed by atoms with Crippen LogP contribution in [0.15, 0.2) is 36.7 Å². The predicted molar refractivity (Wildman–Crippen MR) is 131 cm³/mol. The zero-order valence-electron chi connectivity index (χ0n) is 19.7. The number of H-pyrrole nitrogens is 1. The quantitative estimate of drug-likeness (QED) is 0.432. The Balaban J connectivity index is 1.44. The smallest absolute Gasteiger partial charge is 0.255 e. The third-order valence-electron chi connectivity index (χ3n) is 7.47. The molecule has 1 amide bonds. The Kier molecular flexibility index (Phi) is 5.48. The van der Waals surface area contributed by atoms with Gasteiger partial charge >= 0.3 is 0 Å². The summed E-state index contributed by atoms with van der Waals surface area (Å²) in [4.78, 5) is 21.0. The van der Waals surface area contributed by atoms with Gasteiger partial charge in [-0.1, -0.05) is 13.0 Å². The van der Waals surface area contributed by atoms with Gasteiger partial charge in [0.05, 0.1) is 35.9 Å². The molecule has 4 heterocycles. The molecule has 1 aliphatic carbocycles. The fourth-order valence-electron chi connectivity index (χ4n) is 5.14. The third kappa shape index (κ3) is 3.86. The zero-order chi connectivity index (χ0) is 24.0. The minimum absolute atomic E-state index is 0.0664. The summed E-state index contributed by atoms with van der Waals surface area (Å²) in [6.45, 7) is 3.87. The number of benzene rings is 1. The molecule has 3 N–H and O–H groups in total. The number of hydrogen-bond donors (Lipinski definition) is 3. The molecule has 1 saturated carbocycles. The summed E-state index contributed by atoms with van der Waals surface area (Å²) < 4.78 is 26.2. The number of ether oxygens (including phenoxy) is 2. The number of rotatable bonds is 8. The van der Waals surface area contributed by atoms with Crippen molar-refractivity contribution < 1.29 is 18.7 Å². The number of halogens is 1. The molecule has 1 unspecified atom stereocenters. The minimum Gasteiger partial charge on any atom is -0.491 e. The summed E-state index contributed by atoms with van der Waals surface area (Å²) in [6.07, 6.45) is 8.10. The van der Waals surface area contributed by atoms with Crippen molar-refractivity contribution in [3.05, 3.63) is 59.3 Å². The zero-order valence-corrected chi connectivity index (χ0v) is 19.7. The Hall–Kier alpha value is -3.39. The van der Waals surface area contributed by atoms with E-state index >= 15 is 0 Å². The first-order valence-corrected chi connectivity index (χ1v) is 12.4. The molecule has 1 aromatic carbocycles. The number of nitrogens with one attached hydrogen (secondary N) is 3. The number of hydrogen-bond acceptors (Lipinski definition) is 5. The molecule has 1 atom stereocenters. The van der Waals surface area contributed by atoms with Crippen molar-refractivity contribution in [2.24, 2.45) is 0 Å². The number of nitrogens with zero attached hydrogens (tertiary/aromatic N) is 1. The Morgan fingerprint density at radius 2 is 2.17 bits per heavy atom. The van der Waals surface area contributed by atoms with Gasteiger partial charge in [0, 0.05) is 53.7 Å². The van der Waals surface area contributed by atoms with E-state index < -0.39 is 0 Å². The van der Waals surface area contributed by atoms with Gasteiger partial charge in [-0.05, 0) is 43.9 Å². The topological polar surface area (TPSA) is 88.3 Å². The number of carbonyl (C=O) groups is 1. The summed E-state index contributed by atoms with van der Waals surface area (Å²) in [5, 5.41) is 6.49. The van der Waals surface area contributed by atoms with E-state index in [0.29, 0.717) is 47.8 Å². The van der Waals surface area contributed by atoms with Crippen molar-refractivity contribution in [1.82, 2.24) is 15.3 Å². The van der Waals surface area contributed by atoms with E-state index in [-0.39, 0.29) is 23.2 Å². The second-order valence-electron chi connectivity index (χ2n) is 9.62. The van der Waals surface area contributed by atoms with Crippen molar-refractivity contribution >= 4 is 17.3 Å². The van der Waals surface area contributed by atoms with Crippen molar-refractivity contribution in [3.8, 4) is 17.0 Å². The van der Waals surface area contributed by atoms with Gasteiger partial charge in [-0.3, -0.25) is 9.78 Å². The van der Waals surface area contributed by atoms with Gasteiger partial charge in [-0.2, -0.15) is 0 Å². The predicted octanol–water partition coefficient (Wildman–Crippen LogP) is 4.85. The molecule has 3 aromatic rings. The lowest BCUT2D eigenvalue weighted by molar-refractivity contribution is -0.0596. The Bertz CT molecular complexity index is 1280. The van der Waals surface area contributed by atoms with Crippen LogP contribution in [0.2, 0.25) is 0 Å². The van der Waals surface area contributed by atoms with Crippen LogP contribution in [-0.4, -0.2) is 41.7 Å². The molecule has 0 radical (unpaired) electrons. The normalized spacial score (nSPS) is 19.6. The molecule has 7 nitrogen and oxygen atoms in total. The van der Waals surface area contributed by atoms with E-state index in [1.807, 2.05) is 19.1 Å². The van der Waals surface area contributed by atoms with Crippen molar-refractivity contribution in [1.29, 1.82) is 0 Å². The molecular weight excluding hydrogens is 447 g/mol. The molecule has 1 saturated heterocycles. The van der Waals surface area contributed by atoms with Gasteiger partial charge in [-0.25, -0.2) is 4.39 Å². The Morgan fingerprint density at radius 3 is 2.91 bits per heavy atom. The molecule has 35 heavy (non-hydrogen) atoms. The first-order chi connectivity index (χ1) is 17.1. The Labute approximate surface area is 203 Å². The second kappa shape index (κ2) is 8.68.